The minimum Gasteiger partial charge on any atom is -0.403 e. The van der Waals surface area contributed by atoms with Crippen LogP contribution in [0.4, 0.5) is 17.1 Å². The predicted octanol–water partition coefficient (Wildman–Crippen LogP) is 4.39. The van der Waals surface area contributed by atoms with Gasteiger partial charge in [-0.15, -0.1) is 0 Å². The summed E-state index contributed by atoms with van der Waals surface area (Å²) in [4.78, 5) is 2.40. The number of halogens is 1. The van der Waals surface area contributed by atoms with Gasteiger partial charge >= 0.3 is 6.98 Å². The van der Waals surface area contributed by atoms with Gasteiger partial charge in [0.25, 0.3) is 0 Å². The summed E-state index contributed by atoms with van der Waals surface area (Å²) in [6, 6.07) is 23.6. The molecule has 1 N–H and O–H groups in total. The molecular weight excluding hydrogens is 335 g/mol. The zero-order chi connectivity index (χ0) is 14.7. The van der Waals surface area contributed by atoms with Crippen molar-refractivity contribution in [1.29, 1.82) is 0 Å². The Labute approximate surface area is 138 Å². The Kier molecular flexibility index (Phi) is 2.47. The van der Waals surface area contributed by atoms with Crippen LogP contribution in [0.5, 0.6) is 0 Å². The molecule has 0 saturated carbocycles. The third kappa shape index (κ3) is 1.50. The number of nitrogens with zero attached hydrogens (tertiary/aromatic N) is 1. The van der Waals surface area contributed by atoms with Gasteiger partial charge in [0.2, 0.25) is 0 Å². The van der Waals surface area contributed by atoms with E-state index in [-0.39, 0.29) is 6.98 Å². The fourth-order valence-electron chi connectivity index (χ4n) is 3.59. The highest BCUT2D eigenvalue weighted by Gasteiger charge is 2.42. The van der Waals surface area contributed by atoms with Crippen LogP contribution >= 0.6 is 15.9 Å². The average Bonchev–Trinajstić information content (AvgIpc) is 2.95. The van der Waals surface area contributed by atoms with E-state index in [1.807, 2.05) is 0 Å². The van der Waals surface area contributed by atoms with Crippen molar-refractivity contribution in [2.45, 2.75) is 0 Å². The summed E-state index contributed by atoms with van der Waals surface area (Å²) in [5, 5.41) is 3.66. The number of hydrogen-bond acceptors (Lipinski definition) is 2. The van der Waals surface area contributed by atoms with Gasteiger partial charge in [0.15, 0.2) is 0 Å². The third-order valence-electron chi connectivity index (χ3n) is 4.49. The lowest BCUT2D eigenvalue weighted by atomic mass is 9.61. The molecule has 5 rings (SSSR count). The number of rotatable bonds is 0. The fraction of sp³-hybridized carbons (Fsp3) is 0. The molecule has 3 aromatic carbocycles. The normalized spacial score (nSPS) is 13.9. The molecule has 22 heavy (non-hydrogen) atoms. The zero-order valence-electron chi connectivity index (χ0n) is 11.8. The second-order valence-corrected chi connectivity index (χ2v) is 6.51. The van der Waals surface area contributed by atoms with E-state index in [9.17, 15) is 0 Å². The molecule has 0 bridgehead atoms. The highest BCUT2D eigenvalue weighted by Crippen LogP contribution is 2.47. The van der Waals surface area contributed by atoms with E-state index in [0.29, 0.717) is 0 Å². The Hall–Kier alpha value is -2.20. The van der Waals surface area contributed by atoms with E-state index in [1.165, 1.54) is 33.7 Å². The van der Waals surface area contributed by atoms with Crippen molar-refractivity contribution in [3.8, 4) is 11.1 Å². The minimum absolute atomic E-state index is 0.162. The first-order valence-electron chi connectivity index (χ1n) is 7.37. The quantitative estimate of drug-likeness (QED) is 0.607. The van der Waals surface area contributed by atoms with E-state index in [2.05, 4.69) is 92.7 Å². The molecule has 0 fully saturated rings. The Morgan fingerprint density at radius 3 is 2.55 bits per heavy atom. The molecule has 3 aromatic rings. The van der Waals surface area contributed by atoms with Gasteiger partial charge in [0.1, 0.15) is 0 Å². The van der Waals surface area contributed by atoms with Crippen molar-refractivity contribution >= 4 is 45.4 Å². The molecule has 2 heterocycles. The van der Waals surface area contributed by atoms with Crippen LogP contribution in [0, 0.1) is 0 Å². The summed E-state index contributed by atoms with van der Waals surface area (Å²) in [5.74, 6) is 0. The third-order valence-corrected chi connectivity index (χ3v) is 5.15. The van der Waals surface area contributed by atoms with Crippen molar-refractivity contribution in [3.05, 3.63) is 71.2 Å². The van der Waals surface area contributed by atoms with Crippen LogP contribution in [0.2, 0.25) is 0 Å². The van der Waals surface area contributed by atoms with Crippen LogP contribution in [-0.2, 0) is 0 Å². The number of benzene rings is 3. The topological polar surface area (TPSA) is 15.3 Å². The van der Waals surface area contributed by atoms with Crippen molar-refractivity contribution < 1.29 is 0 Å². The Balaban J connectivity index is 1.87. The van der Waals surface area contributed by atoms with Crippen LogP contribution < -0.4 is 15.5 Å². The maximum atomic E-state index is 3.74. The zero-order valence-corrected chi connectivity index (χ0v) is 13.3. The molecule has 0 amide bonds. The predicted molar refractivity (Wildman–Crippen MR) is 97.2 cm³/mol. The SMILES string of the molecule is Brc1cccc2c1-c1ccccc1B1Nc3ccccc3N12. The van der Waals surface area contributed by atoms with Crippen LogP contribution in [0.1, 0.15) is 0 Å². The monoisotopic (exact) mass is 346 g/mol. The highest BCUT2D eigenvalue weighted by atomic mass is 79.9. The van der Waals surface area contributed by atoms with Gasteiger partial charge in [-0.25, -0.2) is 0 Å². The van der Waals surface area contributed by atoms with E-state index in [1.54, 1.807) is 0 Å². The van der Waals surface area contributed by atoms with Gasteiger partial charge in [-0.1, -0.05) is 58.4 Å². The second kappa shape index (κ2) is 4.40. The van der Waals surface area contributed by atoms with Crippen molar-refractivity contribution in [3.63, 3.8) is 0 Å². The molecule has 2 aliphatic rings. The fourth-order valence-corrected chi connectivity index (χ4v) is 4.15. The van der Waals surface area contributed by atoms with Crippen LogP contribution in [0.3, 0.4) is 0 Å². The molecule has 104 valence electrons. The number of para-hydroxylation sites is 2. The van der Waals surface area contributed by atoms with Crippen LogP contribution in [-0.4, -0.2) is 6.98 Å². The van der Waals surface area contributed by atoms with Gasteiger partial charge in [-0.05, 0) is 35.3 Å². The van der Waals surface area contributed by atoms with Crippen LogP contribution in [0.25, 0.3) is 11.1 Å². The Morgan fingerprint density at radius 1 is 0.818 bits per heavy atom. The van der Waals surface area contributed by atoms with Crippen molar-refractivity contribution in [2.24, 2.45) is 0 Å². The van der Waals surface area contributed by atoms with Gasteiger partial charge < -0.3 is 10.0 Å². The van der Waals surface area contributed by atoms with Gasteiger partial charge in [-0.2, -0.15) is 0 Å². The summed E-state index contributed by atoms with van der Waals surface area (Å²) in [6.45, 7) is 0.162. The summed E-state index contributed by atoms with van der Waals surface area (Å²) in [6.07, 6.45) is 0. The van der Waals surface area contributed by atoms with E-state index in [4.69, 9.17) is 0 Å². The second-order valence-electron chi connectivity index (χ2n) is 5.66. The molecule has 2 nitrogen and oxygen atoms in total. The first-order chi connectivity index (χ1) is 10.8. The first kappa shape index (κ1) is 12.4. The summed E-state index contributed by atoms with van der Waals surface area (Å²) >= 11 is 3.74. The highest BCUT2D eigenvalue weighted by molar-refractivity contribution is 9.10. The molecule has 0 aromatic heterocycles. The summed E-state index contributed by atoms with van der Waals surface area (Å²) in [5.41, 5.74) is 7.56. The van der Waals surface area contributed by atoms with Gasteiger partial charge in [-0.3, -0.25) is 0 Å². The Bertz CT molecular complexity index is 909. The lowest BCUT2D eigenvalue weighted by Gasteiger charge is -2.33. The van der Waals surface area contributed by atoms with Gasteiger partial charge in [0, 0.05) is 21.4 Å². The van der Waals surface area contributed by atoms with Crippen molar-refractivity contribution in [1.82, 2.24) is 0 Å². The van der Waals surface area contributed by atoms with Gasteiger partial charge in [0.05, 0.1) is 5.69 Å². The molecule has 0 spiro atoms. The Morgan fingerprint density at radius 2 is 1.59 bits per heavy atom. The smallest absolute Gasteiger partial charge is 0.403 e. The molecule has 0 unspecified atom stereocenters. The largest absolute Gasteiger partial charge is 0.414 e. The first-order valence-corrected chi connectivity index (χ1v) is 8.16. The number of hydrogen-bond donors (Lipinski definition) is 1. The molecule has 0 radical (unpaired) electrons. The maximum Gasteiger partial charge on any atom is 0.414 e. The summed E-state index contributed by atoms with van der Waals surface area (Å²) < 4.78 is 1.14. The molecule has 0 saturated heterocycles. The molecule has 0 atom stereocenters. The molecule has 0 aliphatic carbocycles. The summed E-state index contributed by atoms with van der Waals surface area (Å²) in [7, 11) is 0. The van der Waals surface area contributed by atoms with Crippen molar-refractivity contribution in [2.75, 3.05) is 10.0 Å². The maximum absolute atomic E-state index is 3.74. The lowest BCUT2D eigenvalue weighted by Crippen LogP contribution is -2.51. The van der Waals surface area contributed by atoms with Crippen LogP contribution in [0.15, 0.2) is 71.2 Å². The molecular formula is C18H12BBrN2. The standard InChI is InChI=1S/C18H12BBrN2/c20-14-8-5-11-17-18(14)12-6-1-2-7-13(12)19-21-15-9-3-4-10-16(15)22(17)19/h1-11,21H. The number of nitrogens with one attached hydrogen (secondary N) is 1. The lowest BCUT2D eigenvalue weighted by molar-refractivity contribution is 1.39. The average molecular weight is 347 g/mol. The van der Waals surface area contributed by atoms with E-state index in [0.717, 1.165) is 4.47 Å². The molecule has 4 heteroatoms. The van der Waals surface area contributed by atoms with E-state index < -0.39 is 0 Å². The molecule has 2 aliphatic heterocycles. The number of anilines is 3. The van der Waals surface area contributed by atoms with E-state index >= 15 is 0 Å². The number of fused-ring (bicyclic) bond motifs is 8. The minimum atomic E-state index is 0.162.